The highest BCUT2D eigenvalue weighted by atomic mass is 32.1. The van der Waals surface area contributed by atoms with Crippen LogP contribution in [0.2, 0.25) is 0 Å². The van der Waals surface area contributed by atoms with Crippen LogP contribution in [0.1, 0.15) is 45.5 Å². The average molecular weight is 484 g/mol. The van der Waals surface area contributed by atoms with Gasteiger partial charge in [0, 0.05) is 5.56 Å². The molecule has 0 aliphatic heterocycles. The van der Waals surface area contributed by atoms with Crippen molar-refractivity contribution in [2.45, 2.75) is 19.9 Å². The predicted molar refractivity (Wildman–Crippen MR) is 138 cm³/mol. The zero-order valence-corrected chi connectivity index (χ0v) is 20.3. The molecule has 1 N–H and O–H groups in total. The summed E-state index contributed by atoms with van der Waals surface area (Å²) in [5.74, 6) is -0.775. The Morgan fingerprint density at radius 2 is 1.40 bits per heavy atom. The van der Waals surface area contributed by atoms with Gasteiger partial charge in [0.15, 0.2) is 11.8 Å². The molecular weight excluding hydrogens is 458 g/mol. The predicted octanol–water partition coefficient (Wildman–Crippen LogP) is 6.32. The smallest absolute Gasteiger partial charge is 0.333 e. The molecule has 0 spiro atoms. The first-order valence-electron chi connectivity index (χ1n) is 11.3. The molecule has 3 aromatic carbocycles. The molecule has 4 rings (SSSR count). The third-order valence-corrected chi connectivity index (χ3v) is 6.53. The molecule has 0 saturated carbocycles. The molecule has 0 saturated heterocycles. The molecule has 1 atom stereocenters. The van der Waals surface area contributed by atoms with Crippen LogP contribution >= 0.6 is 11.3 Å². The van der Waals surface area contributed by atoms with Crippen LogP contribution in [0.25, 0.3) is 22.3 Å². The molecule has 1 heterocycles. The fraction of sp³-hybridized carbons (Fsp3) is 0.138. The van der Waals surface area contributed by atoms with Gasteiger partial charge < -0.3 is 10.1 Å². The van der Waals surface area contributed by atoms with Crippen LogP contribution in [0.15, 0.2) is 90.3 Å². The summed E-state index contributed by atoms with van der Waals surface area (Å²) in [5, 5.41) is 4.74. The lowest BCUT2D eigenvalue weighted by Crippen LogP contribution is -2.34. The summed E-state index contributed by atoms with van der Waals surface area (Å²) in [7, 11) is 0. The van der Waals surface area contributed by atoms with Crippen LogP contribution in [-0.4, -0.2) is 24.3 Å². The highest BCUT2D eigenvalue weighted by Gasteiger charge is 2.25. The number of ether oxygens (including phenoxy) is 1. The maximum absolute atomic E-state index is 13.0. The van der Waals surface area contributed by atoms with Gasteiger partial charge in [-0.05, 0) is 53.1 Å². The van der Waals surface area contributed by atoms with Crippen LogP contribution in [0.4, 0.5) is 0 Å². The van der Waals surface area contributed by atoms with Crippen LogP contribution in [0, 0.1) is 0 Å². The Kier molecular flexibility index (Phi) is 7.53. The van der Waals surface area contributed by atoms with Crippen LogP contribution in [-0.2, 0) is 9.53 Å². The maximum Gasteiger partial charge on any atom is 0.333 e. The SMILES string of the molecule is CCOC(=O)C(NC(=O)c1cc(-c2ccc(-c3ccc(C(C)=O)cc3)cc2)cs1)c1ccccc1. The van der Waals surface area contributed by atoms with Gasteiger partial charge >= 0.3 is 5.97 Å². The number of ketones is 1. The molecule has 1 unspecified atom stereocenters. The first-order valence-corrected chi connectivity index (χ1v) is 12.2. The van der Waals surface area contributed by atoms with Crippen LogP contribution in [0.5, 0.6) is 0 Å². The molecular formula is C29H25NO4S. The fourth-order valence-corrected chi connectivity index (χ4v) is 4.53. The maximum atomic E-state index is 13.0. The highest BCUT2D eigenvalue weighted by molar-refractivity contribution is 7.12. The van der Waals surface area contributed by atoms with E-state index in [2.05, 4.69) is 5.32 Å². The van der Waals surface area contributed by atoms with E-state index < -0.39 is 12.0 Å². The number of esters is 1. The van der Waals surface area contributed by atoms with E-state index in [0.29, 0.717) is 16.0 Å². The van der Waals surface area contributed by atoms with E-state index in [4.69, 9.17) is 4.74 Å². The second-order valence-electron chi connectivity index (χ2n) is 7.98. The Balaban J connectivity index is 1.49. The van der Waals surface area contributed by atoms with Crippen LogP contribution in [0.3, 0.4) is 0 Å². The van der Waals surface area contributed by atoms with Crippen molar-refractivity contribution in [3.05, 3.63) is 106 Å². The van der Waals surface area contributed by atoms with Crippen molar-refractivity contribution < 1.29 is 19.1 Å². The molecule has 0 aliphatic rings. The lowest BCUT2D eigenvalue weighted by Gasteiger charge is -2.17. The summed E-state index contributed by atoms with van der Waals surface area (Å²) in [5.41, 5.74) is 5.32. The molecule has 0 fully saturated rings. The van der Waals surface area contributed by atoms with Gasteiger partial charge in [0.05, 0.1) is 11.5 Å². The summed E-state index contributed by atoms with van der Waals surface area (Å²) in [6.07, 6.45) is 0. The number of nitrogens with one attached hydrogen (secondary N) is 1. The zero-order valence-electron chi connectivity index (χ0n) is 19.5. The first-order chi connectivity index (χ1) is 17.0. The summed E-state index contributed by atoms with van der Waals surface area (Å²) < 4.78 is 5.17. The topological polar surface area (TPSA) is 72.5 Å². The monoisotopic (exact) mass is 483 g/mol. The Labute approximate surface area is 208 Å². The molecule has 0 radical (unpaired) electrons. The standard InChI is InChI=1S/C29H25NO4S/c1-3-34-29(33)27(24-7-5-4-6-8-24)30-28(32)26-17-25(18-35-26)23-15-13-22(14-16-23)21-11-9-20(10-12-21)19(2)31/h4-18,27H,3H2,1-2H3,(H,30,32). The van der Waals surface area contributed by atoms with Gasteiger partial charge in [0.2, 0.25) is 0 Å². The van der Waals surface area contributed by atoms with Gasteiger partial charge in [-0.25, -0.2) is 4.79 Å². The number of rotatable bonds is 8. The van der Waals surface area contributed by atoms with E-state index in [-0.39, 0.29) is 18.3 Å². The largest absolute Gasteiger partial charge is 0.464 e. The van der Waals surface area contributed by atoms with Crippen molar-refractivity contribution in [1.82, 2.24) is 5.32 Å². The van der Waals surface area contributed by atoms with E-state index >= 15 is 0 Å². The molecule has 5 nitrogen and oxygen atoms in total. The second kappa shape index (κ2) is 10.9. The van der Waals surface area contributed by atoms with E-state index in [1.165, 1.54) is 11.3 Å². The Hall–Kier alpha value is -4.03. The molecule has 176 valence electrons. The lowest BCUT2D eigenvalue weighted by atomic mass is 10.00. The van der Waals surface area contributed by atoms with Gasteiger partial charge in [-0.15, -0.1) is 11.3 Å². The molecule has 0 bridgehead atoms. The van der Waals surface area contributed by atoms with Gasteiger partial charge in [0.1, 0.15) is 0 Å². The third kappa shape index (κ3) is 5.73. The normalized spacial score (nSPS) is 11.5. The summed E-state index contributed by atoms with van der Waals surface area (Å²) >= 11 is 1.32. The van der Waals surface area contributed by atoms with Crippen molar-refractivity contribution >= 4 is 29.0 Å². The first kappa shape index (κ1) is 24.1. The van der Waals surface area contributed by atoms with Crippen molar-refractivity contribution in [1.29, 1.82) is 0 Å². The van der Waals surface area contributed by atoms with Crippen molar-refractivity contribution in [2.75, 3.05) is 6.61 Å². The number of Topliss-reactive ketones (excluding diaryl/α,β-unsaturated/α-hetero) is 1. The van der Waals surface area contributed by atoms with E-state index in [9.17, 15) is 14.4 Å². The number of carbonyl (C=O) groups excluding carboxylic acids is 3. The number of benzene rings is 3. The summed E-state index contributed by atoms with van der Waals surface area (Å²) in [6.45, 7) is 3.52. The molecule has 6 heteroatoms. The number of thiophene rings is 1. The summed E-state index contributed by atoms with van der Waals surface area (Å²) in [4.78, 5) is 37.4. The minimum absolute atomic E-state index is 0.0431. The van der Waals surface area contributed by atoms with Crippen molar-refractivity contribution in [2.24, 2.45) is 0 Å². The Bertz CT molecular complexity index is 1330. The Morgan fingerprint density at radius 1 is 0.829 bits per heavy atom. The van der Waals surface area contributed by atoms with Crippen molar-refractivity contribution in [3.8, 4) is 22.3 Å². The zero-order chi connectivity index (χ0) is 24.8. The molecule has 1 amide bonds. The second-order valence-corrected chi connectivity index (χ2v) is 8.89. The van der Waals surface area contributed by atoms with E-state index in [1.54, 1.807) is 26.0 Å². The van der Waals surface area contributed by atoms with Gasteiger partial charge in [-0.2, -0.15) is 0 Å². The molecule has 35 heavy (non-hydrogen) atoms. The third-order valence-electron chi connectivity index (χ3n) is 5.60. The summed E-state index contributed by atoms with van der Waals surface area (Å²) in [6, 6.07) is 25.6. The molecule has 4 aromatic rings. The van der Waals surface area contributed by atoms with Crippen molar-refractivity contribution in [3.63, 3.8) is 0 Å². The van der Waals surface area contributed by atoms with Gasteiger partial charge in [-0.3, -0.25) is 9.59 Å². The number of amides is 1. The van der Waals surface area contributed by atoms with E-state index in [0.717, 1.165) is 22.3 Å². The Morgan fingerprint density at radius 3 is 1.97 bits per heavy atom. The number of hydrogen-bond acceptors (Lipinski definition) is 5. The number of hydrogen-bond donors (Lipinski definition) is 1. The minimum atomic E-state index is -0.872. The number of carbonyl (C=O) groups is 3. The quantitative estimate of drug-likeness (QED) is 0.235. The fourth-order valence-electron chi connectivity index (χ4n) is 3.71. The lowest BCUT2D eigenvalue weighted by molar-refractivity contribution is -0.145. The minimum Gasteiger partial charge on any atom is -0.464 e. The van der Waals surface area contributed by atoms with Crippen LogP contribution < -0.4 is 5.32 Å². The highest BCUT2D eigenvalue weighted by Crippen LogP contribution is 2.29. The molecule has 0 aliphatic carbocycles. The average Bonchev–Trinajstić information content (AvgIpc) is 3.38. The molecule has 1 aromatic heterocycles. The van der Waals surface area contributed by atoms with Gasteiger partial charge in [0.25, 0.3) is 5.91 Å². The van der Waals surface area contributed by atoms with Gasteiger partial charge in [-0.1, -0.05) is 78.9 Å². The van der Waals surface area contributed by atoms with E-state index in [1.807, 2.05) is 78.2 Å².